The maximum atomic E-state index is 11.5. The van der Waals surface area contributed by atoms with E-state index in [2.05, 4.69) is 5.32 Å². The van der Waals surface area contributed by atoms with Crippen molar-refractivity contribution in [3.05, 3.63) is 35.4 Å². The lowest BCUT2D eigenvalue weighted by Crippen LogP contribution is -2.22. The van der Waals surface area contributed by atoms with Crippen LogP contribution >= 0.6 is 0 Å². The highest BCUT2D eigenvalue weighted by Gasteiger charge is 2.03. The number of ether oxygens (including phenoxy) is 1. The molecule has 1 N–H and O–H groups in total. The number of amides is 1. The van der Waals surface area contributed by atoms with Crippen LogP contribution in [0.3, 0.4) is 0 Å². The van der Waals surface area contributed by atoms with E-state index < -0.39 is 0 Å². The number of benzene rings is 1. The first-order chi connectivity index (χ1) is 7.63. The van der Waals surface area contributed by atoms with Gasteiger partial charge in [-0.15, -0.1) is 0 Å². The Hall–Kier alpha value is -1.35. The summed E-state index contributed by atoms with van der Waals surface area (Å²) in [5.74, 6) is -0.0289. The topological polar surface area (TPSA) is 38.3 Å². The third kappa shape index (κ3) is 4.03. The molecule has 0 bridgehead atoms. The quantitative estimate of drug-likeness (QED) is 0.829. The van der Waals surface area contributed by atoms with E-state index in [-0.39, 0.29) is 12.0 Å². The van der Waals surface area contributed by atoms with Crippen molar-refractivity contribution in [1.82, 2.24) is 5.32 Å². The summed E-state index contributed by atoms with van der Waals surface area (Å²) in [5, 5.41) is 2.76. The highest BCUT2D eigenvalue weighted by Crippen LogP contribution is 2.07. The molecule has 0 aromatic heterocycles. The highest BCUT2D eigenvalue weighted by molar-refractivity contribution is 5.94. The molecule has 0 heterocycles. The molecule has 0 saturated heterocycles. The molecular weight excluding hydrogens is 202 g/mol. The molecule has 3 nitrogen and oxygen atoms in total. The Morgan fingerprint density at radius 3 is 2.44 bits per heavy atom. The first kappa shape index (κ1) is 12.7. The normalized spacial score (nSPS) is 10.5. The van der Waals surface area contributed by atoms with Crippen LogP contribution in [0, 0.1) is 0 Å². The van der Waals surface area contributed by atoms with E-state index in [9.17, 15) is 4.79 Å². The smallest absolute Gasteiger partial charge is 0.251 e. The van der Waals surface area contributed by atoms with Gasteiger partial charge in [-0.25, -0.2) is 0 Å². The SMILES string of the molecule is CCNC(=O)c1ccc(COC(C)C)cc1. The van der Waals surface area contributed by atoms with Crippen molar-refractivity contribution in [3.8, 4) is 0 Å². The van der Waals surface area contributed by atoms with Gasteiger partial charge >= 0.3 is 0 Å². The highest BCUT2D eigenvalue weighted by atomic mass is 16.5. The summed E-state index contributed by atoms with van der Waals surface area (Å²) >= 11 is 0. The summed E-state index contributed by atoms with van der Waals surface area (Å²) in [6, 6.07) is 7.49. The van der Waals surface area contributed by atoms with Gasteiger partial charge in [0.05, 0.1) is 12.7 Å². The zero-order chi connectivity index (χ0) is 12.0. The maximum absolute atomic E-state index is 11.5. The summed E-state index contributed by atoms with van der Waals surface area (Å²) in [6.07, 6.45) is 0.225. The lowest BCUT2D eigenvalue weighted by Gasteiger charge is -2.08. The van der Waals surface area contributed by atoms with E-state index in [1.165, 1.54) is 0 Å². The molecule has 0 atom stereocenters. The molecule has 3 heteroatoms. The van der Waals surface area contributed by atoms with E-state index in [1.807, 2.05) is 45.0 Å². The van der Waals surface area contributed by atoms with E-state index in [0.29, 0.717) is 18.7 Å². The first-order valence-corrected chi connectivity index (χ1v) is 5.62. The Labute approximate surface area is 96.8 Å². The summed E-state index contributed by atoms with van der Waals surface area (Å²) in [4.78, 5) is 11.5. The number of rotatable bonds is 5. The van der Waals surface area contributed by atoms with Crippen LogP contribution in [-0.4, -0.2) is 18.6 Å². The molecule has 1 rings (SSSR count). The molecule has 0 aliphatic heterocycles. The minimum absolute atomic E-state index is 0.0289. The summed E-state index contributed by atoms with van der Waals surface area (Å²) in [5.41, 5.74) is 1.77. The first-order valence-electron chi connectivity index (χ1n) is 5.62. The van der Waals surface area contributed by atoms with Gasteiger partial charge in [0.2, 0.25) is 0 Å². The molecule has 88 valence electrons. The predicted molar refractivity (Wildman–Crippen MR) is 64.4 cm³/mol. The van der Waals surface area contributed by atoms with Crippen LogP contribution in [0.4, 0.5) is 0 Å². The molecule has 1 aromatic rings. The number of hydrogen-bond acceptors (Lipinski definition) is 2. The Morgan fingerprint density at radius 2 is 1.94 bits per heavy atom. The van der Waals surface area contributed by atoms with Crippen LogP contribution < -0.4 is 5.32 Å². The molecule has 0 aliphatic rings. The second-order valence-electron chi connectivity index (χ2n) is 3.92. The third-order valence-electron chi connectivity index (χ3n) is 2.14. The average Bonchev–Trinajstić information content (AvgIpc) is 2.27. The third-order valence-corrected chi connectivity index (χ3v) is 2.14. The zero-order valence-corrected chi connectivity index (χ0v) is 10.1. The Morgan fingerprint density at radius 1 is 1.31 bits per heavy atom. The fourth-order valence-electron chi connectivity index (χ4n) is 1.28. The fourth-order valence-corrected chi connectivity index (χ4v) is 1.28. The Balaban J connectivity index is 2.57. The molecule has 1 aromatic carbocycles. The summed E-state index contributed by atoms with van der Waals surface area (Å²) < 4.78 is 5.48. The van der Waals surface area contributed by atoms with Gasteiger partial charge in [0, 0.05) is 12.1 Å². The molecule has 0 spiro atoms. The molecule has 16 heavy (non-hydrogen) atoms. The van der Waals surface area contributed by atoms with E-state index >= 15 is 0 Å². The standard InChI is InChI=1S/C13H19NO2/c1-4-14-13(15)12-7-5-11(6-8-12)9-16-10(2)3/h5-8,10H,4,9H2,1-3H3,(H,14,15). The second-order valence-corrected chi connectivity index (χ2v) is 3.92. The van der Waals surface area contributed by atoms with Gasteiger partial charge in [0.1, 0.15) is 0 Å². The lowest BCUT2D eigenvalue weighted by atomic mass is 10.1. The minimum Gasteiger partial charge on any atom is -0.374 e. The van der Waals surface area contributed by atoms with Gasteiger partial charge < -0.3 is 10.1 Å². The van der Waals surface area contributed by atoms with Crippen molar-refractivity contribution in [2.45, 2.75) is 33.5 Å². The Kier molecular flexibility index (Phi) is 4.99. The number of carbonyl (C=O) groups is 1. The minimum atomic E-state index is -0.0289. The maximum Gasteiger partial charge on any atom is 0.251 e. The second kappa shape index (κ2) is 6.28. The molecule has 0 fully saturated rings. The van der Waals surface area contributed by atoms with Crippen LogP contribution in [0.2, 0.25) is 0 Å². The summed E-state index contributed by atoms with van der Waals surface area (Å²) in [6.45, 7) is 7.15. The van der Waals surface area contributed by atoms with Gasteiger partial charge in [-0.1, -0.05) is 12.1 Å². The van der Waals surface area contributed by atoms with Crippen molar-refractivity contribution in [2.75, 3.05) is 6.54 Å². The molecule has 1 amide bonds. The van der Waals surface area contributed by atoms with Gasteiger partial charge in [-0.2, -0.15) is 0 Å². The van der Waals surface area contributed by atoms with Crippen LogP contribution in [0.15, 0.2) is 24.3 Å². The van der Waals surface area contributed by atoms with Crippen molar-refractivity contribution in [1.29, 1.82) is 0 Å². The zero-order valence-electron chi connectivity index (χ0n) is 10.1. The molecular formula is C13H19NO2. The molecule has 0 unspecified atom stereocenters. The monoisotopic (exact) mass is 221 g/mol. The van der Waals surface area contributed by atoms with Gasteiger partial charge in [0.15, 0.2) is 0 Å². The summed E-state index contributed by atoms with van der Waals surface area (Å²) in [7, 11) is 0. The van der Waals surface area contributed by atoms with Crippen LogP contribution in [0.25, 0.3) is 0 Å². The van der Waals surface area contributed by atoms with E-state index in [0.717, 1.165) is 5.56 Å². The van der Waals surface area contributed by atoms with Crippen LogP contribution in [-0.2, 0) is 11.3 Å². The van der Waals surface area contributed by atoms with Crippen LogP contribution in [0.5, 0.6) is 0 Å². The molecule has 0 aliphatic carbocycles. The van der Waals surface area contributed by atoms with Crippen molar-refractivity contribution in [3.63, 3.8) is 0 Å². The Bertz CT molecular complexity index is 330. The van der Waals surface area contributed by atoms with Crippen molar-refractivity contribution >= 4 is 5.91 Å². The van der Waals surface area contributed by atoms with Gasteiger partial charge in [-0.3, -0.25) is 4.79 Å². The predicted octanol–water partition coefficient (Wildman–Crippen LogP) is 2.36. The average molecular weight is 221 g/mol. The van der Waals surface area contributed by atoms with E-state index in [4.69, 9.17) is 4.74 Å². The van der Waals surface area contributed by atoms with Gasteiger partial charge in [0.25, 0.3) is 5.91 Å². The number of nitrogens with one attached hydrogen (secondary N) is 1. The largest absolute Gasteiger partial charge is 0.374 e. The lowest BCUT2D eigenvalue weighted by molar-refractivity contribution is 0.0657. The van der Waals surface area contributed by atoms with Crippen molar-refractivity contribution < 1.29 is 9.53 Å². The molecule has 0 radical (unpaired) electrons. The molecule has 0 saturated carbocycles. The number of carbonyl (C=O) groups excluding carboxylic acids is 1. The number of hydrogen-bond donors (Lipinski definition) is 1. The van der Waals surface area contributed by atoms with E-state index in [1.54, 1.807) is 0 Å². The van der Waals surface area contributed by atoms with Crippen LogP contribution in [0.1, 0.15) is 36.7 Å². The fraction of sp³-hybridized carbons (Fsp3) is 0.462. The van der Waals surface area contributed by atoms with Crippen molar-refractivity contribution in [2.24, 2.45) is 0 Å². The van der Waals surface area contributed by atoms with Gasteiger partial charge in [-0.05, 0) is 38.5 Å².